The van der Waals surface area contributed by atoms with Crippen molar-refractivity contribution >= 4 is 0 Å². The second kappa shape index (κ2) is 8.47. The first-order chi connectivity index (χ1) is 14.3. The van der Waals surface area contributed by atoms with Crippen molar-refractivity contribution in [1.29, 1.82) is 0 Å². The molecule has 5 heteroatoms. The summed E-state index contributed by atoms with van der Waals surface area (Å²) in [7, 11) is 0. The second-order valence-electron chi connectivity index (χ2n) is 8.06. The van der Waals surface area contributed by atoms with Gasteiger partial charge in [-0.3, -0.25) is 4.90 Å². The Kier molecular flexibility index (Phi) is 5.41. The Morgan fingerprint density at radius 1 is 1.00 bits per heavy atom. The van der Waals surface area contributed by atoms with Crippen LogP contribution in [0.3, 0.4) is 0 Å². The SMILES string of the molecule is c1cc(CN2CCCCC2)cc(-c2noc(C[C@H]3OCCc4ccccc43)n2)c1. The summed E-state index contributed by atoms with van der Waals surface area (Å²) in [5.41, 5.74) is 4.91. The molecule has 1 atom stereocenters. The summed E-state index contributed by atoms with van der Waals surface area (Å²) in [6, 6.07) is 17.0. The van der Waals surface area contributed by atoms with Crippen molar-refractivity contribution in [3.63, 3.8) is 0 Å². The third-order valence-corrected chi connectivity index (χ3v) is 5.96. The van der Waals surface area contributed by atoms with Gasteiger partial charge in [0.2, 0.25) is 11.7 Å². The van der Waals surface area contributed by atoms with Gasteiger partial charge in [0.25, 0.3) is 0 Å². The maximum atomic E-state index is 5.99. The van der Waals surface area contributed by atoms with E-state index in [-0.39, 0.29) is 6.10 Å². The molecule has 3 heterocycles. The fourth-order valence-corrected chi connectivity index (χ4v) is 4.44. The molecule has 29 heavy (non-hydrogen) atoms. The predicted octanol–water partition coefficient (Wildman–Crippen LogP) is 4.58. The monoisotopic (exact) mass is 389 g/mol. The first-order valence-electron chi connectivity index (χ1n) is 10.7. The minimum absolute atomic E-state index is 0.0151. The predicted molar refractivity (Wildman–Crippen MR) is 111 cm³/mol. The van der Waals surface area contributed by atoms with Crippen LogP contribution in [0.1, 0.15) is 47.9 Å². The van der Waals surface area contributed by atoms with Gasteiger partial charge in [-0.25, -0.2) is 0 Å². The Morgan fingerprint density at radius 3 is 2.83 bits per heavy atom. The van der Waals surface area contributed by atoms with E-state index in [0.29, 0.717) is 18.1 Å². The molecule has 1 saturated heterocycles. The van der Waals surface area contributed by atoms with Crippen LogP contribution in [-0.4, -0.2) is 34.7 Å². The van der Waals surface area contributed by atoms with Gasteiger partial charge in [-0.1, -0.05) is 54.0 Å². The summed E-state index contributed by atoms with van der Waals surface area (Å²) >= 11 is 0. The molecule has 5 nitrogen and oxygen atoms in total. The van der Waals surface area contributed by atoms with Gasteiger partial charge in [0.05, 0.1) is 19.1 Å². The molecule has 5 rings (SSSR count). The maximum absolute atomic E-state index is 5.99. The van der Waals surface area contributed by atoms with E-state index in [9.17, 15) is 0 Å². The highest BCUT2D eigenvalue weighted by molar-refractivity contribution is 5.55. The number of hydrogen-bond donors (Lipinski definition) is 0. The van der Waals surface area contributed by atoms with Crippen molar-refractivity contribution in [3.05, 3.63) is 71.1 Å². The third-order valence-electron chi connectivity index (χ3n) is 5.96. The number of benzene rings is 2. The zero-order chi connectivity index (χ0) is 19.5. The van der Waals surface area contributed by atoms with Crippen LogP contribution < -0.4 is 0 Å². The van der Waals surface area contributed by atoms with Crippen LogP contribution in [0, 0.1) is 0 Å². The minimum atomic E-state index is -0.0151. The van der Waals surface area contributed by atoms with Crippen LogP contribution >= 0.6 is 0 Å². The summed E-state index contributed by atoms with van der Waals surface area (Å²) in [4.78, 5) is 7.19. The Morgan fingerprint density at radius 2 is 1.90 bits per heavy atom. The van der Waals surface area contributed by atoms with Crippen LogP contribution in [0.2, 0.25) is 0 Å². The minimum Gasteiger partial charge on any atom is -0.373 e. The molecule has 0 unspecified atom stereocenters. The molecule has 150 valence electrons. The second-order valence-corrected chi connectivity index (χ2v) is 8.06. The number of piperidine rings is 1. The van der Waals surface area contributed by atoms with Crippen LogP contribution in [0.15, 0.2) is 53.1 Å². The summed E-state index contributed by atoms with van der Waals surface area (Å²) in [5, 5.41) is 4.24. The molecule has 0 bridgehead atoms. The number of likely N-dealkylation sites (tertiary alicyclic amines) is 1. The van der Waals surface area contributed by atoms with Crippen molar-refractivity contribution in [3.8, 4) is 11.4 Å². The Labute approximate surface area is 171 Å². The zero-order valence-electron chi connectivity index (χ0n) is 16.7. The van der Waals surface area contributed by atoms with Crippen LogP contribution in [0.4, 0.5) is 0 Å². The van der Waals surface area contributed by atoms with Gasteiger partial charge >= 0.3 is 0 Å². The Hall–Kier alpha value is -2.50. The first kappa shape index (κ1) is 18.5. The standard InChI is InChI=1S/C24H27N3O2/c1-4-12-27(13-5-1)17-18-7-6-9-20(15-18)24-25-23(29-26-24)16-22-21-10-3-2-8-19(21)11-14-28-22/h2-3,6-10,15,22H,1,4-5,11-14,16-17H2/t22-/m1/s1. The van der Waals surface area contributed by atoms with Gasteiger partial charge < -0.3 is 9.26 Å². The summed E-state index contributed by atoms with van der Waals surface area (Å²) < 4.78 is 11.6. The zero-order valence-corrected chi connectivity index (χ0v) is 16.7. The normalized spacial score (nSPS) is 19.8. The van der Waals surface area contributed by atoms with Gasteiger partial charge in [-0.05, 0) is 55.1 Å². The lowest BCUT2D eigenvalue weighted by molar-refractivity contribution is 0.0375. The molecule has 2 aromatic carbocycles. The van der Waals surface area contributed by atoms with Gasteiger partial charge in [0.1, 0.15) is 0 Å². The molecule has 3 aromatic rings. The van der Waals surface area contributed by atoms with E-state index in [1.807, 2.05) is 0 Å². The molecule has 0 aliphatic carbocycles. The largest absolute Gasteiger partial charge is 0.373 e. The Bertz CT molecular complexity index is 962. The first-order valence-corrected chi connectivity index (χ1v) is 10.7. The average molecular weight is 389 g/mol. The van der Waals surface area contributed by atoms with Crippen LogP contribution in [-0.2, 0) is 24.1 Å². The molecule has 0 spiro atoms. The van der Waals surface area contributed by atoms with E-state index in [1.165, 1.54) is 49.0 Å². The number of rotatable bonds is 5. The summed E-state index contributed by atoms with van der Waals surface area (Å²) in [6.45, 7) is 4.12. The molecule has 0 radical (unpaired) electrons. The maximum Gasteiger partial charge on any atom is 0.229 e. The van der Waals surface area contributed by atoms with Gasteiger partial charge in [-0.15, -0.1) is 0 Å². The number of hydrogen-bond acceptors (Lipinski definition) is 5. The van der Waals surface area contributed by atoms with Crippen molar-refractivity contribution < 1.29 is 9.26 Å². The molecular weight excluding hydrogens is 362 g/mol. The van der Waals surface area contributed by atoms with E-state index in [1.54, 1.807) is 0 Å². The van der Waals surface area contributed by atoms with Gasteiger partial charge in [0.15, 0.2) is 0 Å². The Balaban J connectivity index is 1.30. The number of nitrogens with zero attached hydrogens (tertiary/aromatic N) is 3. The lowest BCUT2D eigenvalue weighted by Gasteiger charge is -2.26. The third kappa shape index (κ3) is 4.26. The highest BCUT2D eigenvalue weighted by Gasteiger charge is 2.23. The topological polar surface area (TPSA) is 51.4 Å². The number of aromatic nitrogens is 2. The fourth-order valence-electron chi connectivity index (χ4n) is 4.44. The molecule has 1 fully saturated rings. The molecular formula is C24H27N3O2. The molecule has 2 aliphatic heterocycles. The summed E-state index contributed by atoms with van der Waals surface area (Å²) in [5.74, 6) is 1.28. The van der Waals surface area contributed by atoms with Crippen molar-refractivity contribution in [1.82, 2.24) is 15.0 Å². The van der Waals surface area contributed by atoms with E-state index in [4.69, 9.17) is 9.26 Å². The molecule has 0 saturated carbocycles. The van der Waals surface area contributed by atoms with Crippen LogP contribution in [0.25, 0.3) is 11.4 Å². The molecule has 2 aliphatic rings. The van der Waals surface area contributed by atoms with Crippen molar-refractivity contribution in [2.75, 3.05) is 19.7 Å². The number of fused-ring (bicyclic) bond motifs is 1. The van der Waals surface area contributed by atoms with E-state index >= 15 is 0 Å². The molecule has 0 N–H and O–H groups in total. The van der Waals surface area contributed by atoms with Gasteiger partial charge in [0, 0.05) is 12.1 Å². The lowest BCUT2D eigenvalue weighted by Crippen LogP contribution is -2.29. The van der Waals surface area contributed by atoms with Crippen molar-refractivity contribution in [2.45, 2.75) is 44.8 Å². The smallest absolute Gasteiger partial charge is 0.229 e. The quantitative estimate of drug-likeness (QED) is 0.639. The number of ether oxygens (including phenoxy) is 1. The average Bonchev–Trinajstić information content (AvgIpc) is 3.24. The summed E-state index contributed by atoms with van der Waals surface area (Å²) in [6.07, 6.45) is 5.53. The van der Waals surface area contributed by atoms with E-state index in [2.05, 4.69) is 63.6 Å². The lowest BCUT2D eigenvalue weighted by atomic mass is 9.96. The van der Waals surface area contributed by atoms with Crippen molar-refractivity contribution in [2.24, 2.45) is 0 Å². The highest BCUT2D eigenvalue weighted by atomic mass is 16.5. The molecule has 1 aromatic heterocycles. The van der Waals surface area contributed by atoms with Crippen LogP contribution in [0.5, 0.6) is 0 Å². The van der Waals surface area contributed by atoms with E-state index in [0.717, 1.165) is 25.1 Å². The molecule has 0 amide bonds. The van der Waals surface area contributed by atoms with Gasteiger partial charge in [-0.2, -0.15) is 4.98 Å². The fraction of sp³-hybridized carbons (Fsp3) is 0.417. The highest BCUT2D eigenvalue weighted by Crippen LogP contribution is 2.30. The van der Waals surface area contributed by atoms with E-state index < -0.39 is 0 Å².